The summed E-state index contributed by atoms with van der Waals surface area (Å²) in [6.07, 6.45) is 5.50. The van der Waals surface area contributed by atoms with Gasteiger partial charge in [-0.1, -0.05) is 0 Å². The highest BCUT2D eigenvalue weighted by atomic mass is 32.2. The molecular weight excluding hydrogens is 466 g/mol. The third kappa shape index (κ3) is 4.53. The second kappa shape index (κ2) is 9.60. The Morgan fingerprint density at radius 2 is 1.86 bits per heavy atom. The summed E-state index contributed by atoms with van der Waals surface area (Å²) in [5, 5.41) is 1.13. The van der Waals surface area contributed by atoms with E-state index >= 15 is 0 Å². The molecule has 4 heterocycles. The largest absolute Gasteiger partial charge is 0.378 e. The Morgan fingerprint density at radius 3 is 2.57 bits per heavy atom. The van der Waals surface area contributed by atoms with Gasteiger partial charge in [0, 0.05) is 63.7 Å². The van der Waals surface area contributed by atoms with Crippen LogP contribution < -0.4 is 4.90 Å². The lowest BCUT2D eigenvalue weighted by Gasteiger charge is -2.35. The van der Waals surface area contributed by atoms with E-state index in [9.17, 15) is 13.2 Å². The summed E-state index contributed by atoms with van der Waals surface area (Å²) in [6.45, 7) is 3.72. The molecule has 1 N–H and O–H groups in total. The first-order valence-corrected chi connectivity index (χ1v) is 13.4. The zero-order valence-electron chi connectivity index (χ0n) is 20.1. The van der Waals surface area contributed by atoms with E-state index in [1.54, 1.807) is 24.4 Å². The number of aromatic nitrogens is 2. The Kier molecular flexibility index (Phi) is 6.52. The molecule has 5 rings (SSSR count). The summed E-state index contributed by atoms with van der Waals surface area (Å²) in [6, 6.07) is 8.92. The number of piperidine rings is 1. The molecule has 2 fully saturated rings. The Bertz CT molecular complexity index is 1320. The predicted octanol–water partition coefficient (Wildman–Crippen LogP) is 2.67. The van der Waals surface area contributed by atoms with Crippen LogP contribution in [0, 0.1) is 0 Å². The maximum Gasteiger partial charge on any atom is 0.256 e. The van der Waals surface area contributed by atoms with Gasteiger partial charge in [-0.15, -0.1) is 0 Å². The number of anilines is 1. The Hall–Kier alpha value is -2.95. The number of morpholine rings is 1. The third-order valence-corrected chi connectivity index (χ3v) is 8.84. The molecule has 1 amide bonds. The molecule has 35 heavy (non-hydrogen) atoms. The Labute approximate surface area is 205 Å². The van der Waals surface area contributed by atoms with E-state index in [2.05, 4.69) is 20.9 Å². The second-order valence-electron chi connectivity index (χ2n) is 9.28. The smallest absolute Gasteiger partial charge is 0.256 e. The van der Waals surface area contributed by atoms with Crippen LogP contribution in [0.1, 0.15) is 34.7 Å². The van der Waals surface area contributed by atoms with Crippen LogP contribution in [0.4, 0.5) is 5.69 Å². The molecule has 9 nitrogen and oxygen atoms in total. The van der Waals surface area contributed by atoms with Crippen molar-refractivity contribution in [2.45, 2.75) is 23.7 Å². The van der Waals surface area contributed by atoms with Crippen molar-refractivity contribution in [2.75, 3.05) is 58.4 Å². The number of hydrogen-bond acceptors (Lipinski definition) is 6. The number of amides is 1. The van der Waals surface area contributed by atoms with Crippen LogP contribution in [0.25, 0.3) is 11.0 Å². The molecule has 2 aromatic heterocycles. The number of carbonyl (C=O) groups excluding carboxylic acids is 1. The summed E-state index contributed by atoms with van der Waals surface area (Å²) in [5.41, 5.74) is 3.33. The quantitative estimate of drug-likeness (QED) is 0.582. The first kappa shape index (κ1) is 23.8. The molecule has 0 unspecified atom stereocenters. The van der Waals surface area contributed by atoms with Gasteiger partial charge in [-0.25, -0.2) is 17.7 Å². The molecule has 2 saturated heterocycles. The fraction of sp³-hybridized carbons (Fsp3) is 0.440. The van der Waals surface area contributed by atoms with Crippen molar-refractivity contribution in [3.8, 4) is 0 Å². The Balaban J connectivity index is 1.40. The van der Waals surface area contributed by atoms with Gasteiger partial charge >= 0.3 is 0 Å². The number of nitrogens with zero attached hydrogens (tertiary/aromatic N) is 4. The SMILES string of the molecule is CN(C)S(=O)(=O)c1ccc(N2CCOCC2)c(C(=O)N2CCC(c3c[nH]c4ncccc34)CC2)c1. The van der Waals surface area contributed by atoms with Crippen LogP contribution in [0.3, 0.4) is 0 Å². The number of aromatic amines is 1. The van der Waals surface area contributed by atoms with E-state index < -0.39 is 10.0 Å². The molecule has 10 heteroatoms. The molecular formula is C25H31N5O4S. The van der Waals surface area contributed by atoms with Gasteiger partial charge in [0.2, 0.25) is 10.0 Å². The number of ether oxygens (including phenoxy) is 1. The fourth-order valence-electron chi connectivity index (χ4n) is 5.02. The molecule has 186 valence electrons. The number of rotatable bonds is 5. The maximum atomic E-state index is 13.8. The van der Waals surface area contributed by atoms with E-state index in [1.165, 1.54) is 24.0 Å². The number of likely N-dealkylation sites (tertiary alicyclic amines) is 1. The van der Waals surface area contributed by atoms with Crippen LogP contribution in [-0.4, -0.2) is 87.0 Å². The molecule has 0 bridgehead atoms. The van der Waals surface area contributed by atoms with Gasteiger partial charge in [-0.05, 0) is 54.7 Å². The molecule has 2 aliphatic rings. The van der Waals surface area contributed by atoms with E-state index in [1.807, 2.05) is 17.2 Å². The van der Waals surface area contributed by atoms with E-state index in [0.29, 0.717) is 50.9 Å². The van der Waals surface area contributed by atoms with Crippen molar-refractivity contribution in [3.05, 3.63) is 53.9 Å². The summed E-state index contributed by atoms with van der Waals surface area (Å²) >= 11 is 0. The first-order chi connectivity index (χ1) is 16.9. The highest BCUT2D eigenvalue weighted by Gasteiger charge is 2.30. The fourth-order valence-corrected chi connectivity index (χ4v) is 5.94. The van der Waals surface area contributed by atoms with Crippen molar-refractivity contribution in [3.63, 3.8) is 0 Å². The topological polar surface area (TPSA) is 98.8 Å². The van der Waals surface area contributed by atoms with Crippen molar-refractivity contribution in [1.82, 2.24) is 19.2 Å². The van der Waals surface area contributed by atoms with Gasteiger partial charge < -0.3 is 19.5 Å². The van der Waals surface area contributed by atoms with E-state index in [0.717, 1.165) is 29.6 Å². The standard InChI is InChI=1S/C25H31N5O4S/c1-28(2)35(32,33)19-5-6-23(29-12-14-34-15-13-29)21(16-19)25(31)30-10-7-18(8-11-30)22-17-27-24-20(22)4-3-9-26-24/h3-6,9,16-18H,7-8,10-15H2,1-2H3,(H,26,27). The minimum absolute atomic E-state index is 0.124. The van der Waals surface area contributed by atoms with E-state index in [-0.39, 0.29) is 10.8 Å². The molecule has 0 saturated carbocycles. The summed E-state index contributed by atoms with van der Waals surface area (Å²) < 4.78 is 32.3. The Morgan fingerprint density at radius 1 is 1.11 bits per heavy atom. The summed E-state index contributed by atoms with van der Waals surface area (Å²) in [4.78, 5) is 25.5. The number of H-pyrrole nitrogens is 1. The predicted molar refractivity (Wildman–Crippen MR) is 134 cm³/mol. The lowest BCUT2D eigenvalue weighted by molar-refractivity contribution is 0.0712. The lowest BCUT2D eigenvalue weighted by atomic mass is 9.89. The second-order valence-corrected chi connectivity index (χ2v) is 11.4. The number of fused-ring (bicyclic) bond motifs is 1. The average molecular weight is 498 g/mol. The van der Waals surface area contributed by atoms with Crippen molar-refractivity contribution in [1.29, 1.82) is 0 Å². The summed E-state index contributed by atoms with van der Waals surface area (Å²) in [7, 11) is -0.665. The molecule has 1 aromatic carbocycles. The van der Waals surface area contributed by atoms with Gasteiger partial charge in [0.25, 0.3) is 5.91 Å². The molecule has 0 radical (unpaired) electrons. The van der Waals surface area contributed by atoms with E-state index in [4.69, 9.17) is 4.74 Å². The summed E-state index contributed by atoms with van der Waals surface area (Å²) in [5.74, 6) is 0.220. The number of carbonyl (C=O) groups is 1. The van der Waals surface area contributed by atoms with Gasteiger partial charge in [0.1, 0.15) is 5.65 Å². The van der Waals surface area contributed by atoms with Gasteiger partial charge in [0.15, 0.2) is 0 Å². The number of hydrogen-bond donors (Lipinski definition) is 1. The minimum atomic E-state index is -3.66. The van der Waals surface area contributed by atoms with Crippen molar-refractivity contribution < 1.29 is 17.9 Å². The van der Waals surface area contributed by atoms with Gasteiger partial charge in [-0.3, -0.25) is 4.79 Å². The number of benzene rings is 1. The average Bonchev–Trinajstić information content (AvgIpc) is 3.32. The molecule has 2 aliphatic heterocycles. The molecule has 3 aromatic rings. The lowest BCUT2D eigenvalue weighted by Crippen LogP contribution is -2.41. The zero-order chi connectivity index (χ0) is 24.6. The third-order valence-electron chi connectivity index (χ3n) is 7.03. The van der Waals surface area contributed by atoms with Crippen LogP contribution in [0.2, 0.25) is 0 Å². The number of pyridine rings is 1. The minimum Gasteiger partial charge on any atom is -0.378 e. The zero-order valence-corrected chi connectivity index (χ0v) is 20.9. The van der Waals surface area contributed by atoms with Crippen molar-refractivity contribution in [2.24, 2.45) is 0 Å². The maximum absolute atomic E-state index is 13.8. The highest BCUT2D eigenvalue weighted by Crippen LogP contribution is 2.34. The molecule has 0 atom stereocenters. The normalized spacial score (nSPS) is 17.9. The van der Waals surface area contributed by atoms with Gasteiger partial charge in [0.05, 0.1) is 23.7 Å². The van der Waals surface area contributed by atoms with Crippen molar-refractivity contribution >= 4 is 32.7 Å². The van der Waals surface area contributed by atoms with Gasteiger partial charge in [-0.2, -0.15) is 0 Å². The monoisotopic (exact) mass is 497 g/mol. The van der Waals surface area contributed by atoms with Crippen LogP contribution in [-0.2, 0) is 14.8 Å². The first-order valence-electron chi connectivity index (χ1n) is 12.0. The molecule has 0 spiro atoms. The number of sulfonamides is 1. The molecule has 0 aliphatic carbocycles. The number of nitrogens with one attached hydrogen (secondary N) is 1. The highest BCUT2D eigenvalue weighted by molar-refractivity contribution is 7.89. The van der Waals surface area contributed by atoms with Crippen LogP contribution in [0.15, 0.2) is 47.6 Å². The van der Waals surface area contributed by atoms with Crippen LogP contribution in [0.5, 0.6) is 0 Å². The van der Waals surface area contributed by atoms with Crippen LogP contribution >= 0.6 is 0 Å².